The molecule has 0 aliphatic carbocycles. The van der Waals surface area contributed by atoms with Gasteiger partial charge in [0.05, 0.1) is 14.2 Å². The Morgan fingerprint density at radius 2 is 1.13 bits per heavy atom. The number of nitrogens with zero attached hydrogens (tertiary/aromatic N) is 2. The molecule has 2 amide bonds. The second-order valence-electron chi connectivity index (χ2n) is 8.70. The maximum atomic E-state index is 11.9. The molecule has 0 bridgehead atoms. The van der Waals surface area contributed by atoms with Crippen LogP contribution >= 0.6 is 84.1 Å². The van der Waals surface area contributed by atoms with Crippen molar-refractivity contribution in [1.29, 1.82) is 0 Å². The second kappa shape index (κ2) is 18.5. The van der Waals surface area contributed by atoms with Crippen LogP contribution in [0, 0.1) is 7.14 Å². The van der Waals surface area contributed by atoms with E-state index in [9.17, 15) is 14.2 Å². The lowest BCUT2D eigenvalue weighted by atomic mass is 10.2. The first-order valence-electron chi connectivity index (χ1n) is 12.8. The van der Waals surface area contributed by atoms with E-state index in [0.717, 1.165) is 20.4 Å². The van der Waals surface area contributed by atoms with Gasteiger partial charge in [0.1, 0.15) is 11.5 Å². The van der Waals surface area contributed by atoms with Crippen LogP contribution in [0.5, 0.6) is 11.5 Å². The zero-order valence-corrected chi connectivity index (χ0v) is 31.4. The highest BCUT2D eigenvalue weighted by atomic mass is 127. The van der Waals surface area contributed by atoms with Gasteiger partial charge in [0, 0.05) is 29.4 Å². The van der Waals surface area contributed by atoms with E-state index in [1.807, 2.05) is 60.7 Å². The number of hydrogen-bond acceptors (Lipinski definition) is 8. The summed E-state index contributed by atoms with van der Waals surface area (Å²) in [4.78, 5) is 23.8. The van der Waals surface area contributed by atoms with Crippen LogP contribution in [-0.2, 0) is 4.57 Å². The summed E-state index contributed by atoms with van der Waals surface area (Å²) >= 11 is 18.3. The molecule has 2 N–H and O–H groups in total. The fourth-order valence-electron chi connectivity index (χ4n) is 3.43. The third-order valence-corrected chi connectivity index (χ3v) is 7.00. The number of amides is 2. The summed E-state index contributed by atoms with van der Waals surface area (Å²) in [6, 6.07) is 29.2. The number of nitrogens with one attached hydrogen (secondary N) is 2. The van der Waals surface area contributed by atoms with E-state index in [2.05, 4.69) is 100.0 Å². The highest BCUT2D eigenvalue weighted by Crippen LogP contribution is 2.61. The number of rotatable bonds is 6. The number of carbonyl (C=O) groups is 2. The van der Waals surface area contributed by atoms with Gasteiger partial charge in [-0.3, -0.25) is 25.0 Å². The minimum Gasteiger partial charge on any atom is -0.497 e. The van der Waals surface area contributed by atoms with Crippen LogP contribution in [0.15, 0.2) is 101 Å². The minimum absolute atomic E-state index is 0.373. The minimum atomic E-state index is -3.22. The average Bonchev–Trinajstić information content (AvgIpc) is 3.54. The van der Waals surface area contributed by atoms with Crippen molar-refractivity contribution in [2.45, 2.75) is 0 Å². The Balaban J connectivity index is 0.000000219. The summed E-state index contributed by atoms with van der Waals surface area (Å²) in [7, 11) is 3.15. The van der Waals surface area contributed by atoms with Crippen LogP contribution in [0.4, 0.5) is 0 Å². The number of aromatic nitrogens is 2. The van der Waals surface area contributed by atoms with E-state index in [4.69, 9.17) is 13.9 Å². The molecule has 0 fully saturated rings. The van der Waals surface area contributed by atoms with Crippen LogP contribution < -0.4 is 20.3 Å². The predicted octanol–water partition coefficient (Wildman–Crippen LogP) is 9.20. The first-order valence-corrected chi connectivity index (χ1v) is 19.4. The number of hydrazine groups is 1. The number of carbonyl (C=O) groups excluding carboxylic acids is 2. The maximum Gasteiger partial charge on any atom is 0.339 e. The highest BCUT2D eigenvalue weighted by molar-refractivity contribution is 14.1. The third-order valence-electron chi connectivity index (χ3n) is 5.56. The molecule has 0 unspecified atom stereocenters. The molecule has 10 nitrogen and oxygen atoms in total. The van der Waals surface area contributed by atoms with Crippen LogP contribution in [0.1, 0.15) is 20.7 Å². The molecular weight excluding hydrogens is 903 g/mol. The van der Waals surface area contributed by atoms with Gasteiger partial charge in [-0.15, -0.1) is 10.2 Å². The van der Waals surface area contributed by atoms with Gasteiger partial charge in [0.25, 0.3) is 11.8 Å². The lowest BCUT2D eigenvalue weighted by Crippen LogP contribution is -2.41. The lowest BCUT2D eigenvalue weighted by Gasteiger charge is -2.08. The average molecular weight is 928 g/mol. The zero-order valence-electron chi connectivity index (χ0n) is 23.9. The van der Waals surface area contributed by atoms with Crippen LogP contribution in [0.25, 0.3) is 22.9 Å². The molecule has 0 saturated heterocycles. The van der Waals surface area contributed by atoms with Gasteiger partial charge in [0.2, 0.25) is 11.8 Å². The summed E-state index contributed by atoms with van der Waals surface area (Å²) in [5.41, 5.74) is 7.36. The summed E-state index contributed by atoms with van der Waals surface area (Å²) in [5.74, 6) is 1.55. The van der Waals surface area contributed by atoms with Gasteiger partial charge in [0.15, 0.2) is 0 Å². The lowest BCUT2D eigenvalue weighted by molar-refractivity contribution is 0.0846. The van der Waals surface area contributed by atoms with Crippen molar-refractivity contribution >= 4 is 95.9 Å². The van der Waals surface area contributed by atoms with Crippen molar-refractivity contribution in [3.63, 3.8) is 0 Å². The number of hydrogen-bond donors (Lipinski definition) is 2. The van der Waals surface area contributed by atoms with Gasteiger partial charge in [-0.25, -0.2) is 0 Å². The van der Waals surface area contributed by atoms with E-state index < -0.39 is 11.1 Å². The number of benzene rings is 4. The maximum absolute atomic E-state index is 11.9. The topological polar surface area (TPSA) is 133 Å². The summed E-state index contributed by atoms with van der Waals surface area (Å²) < 4.78 is 27.7. The van der Waals surface area contributed by atoms with Gasteiger partial charge in [-0.1, -0.05) is 12.1 Å². The Morgan fingerprint density at radius 1 is 0.674 bits per heavy atom. The molecule has 5 aromatic rings. The van der Waals surface area contributed by atoms with Crippen molar-refractivity contribution < 1.29 is 28.0 Å². The quantitative estimate of drug-likeness (QED) is 0.0980. The van der Waals surface area contributed by atoms with Gasteiger partial charge >= 0.3 is 5.20 Å². The molecule has 0 aliphatic rings. The SMILES string of the molecule is COc1cccc(-c2nnc(-c3ccc(I)cc3)o2)c1.COc1cccc(C(=O)NNC(=O)c2ccc(I)cc2)c1.O=P(Cl)(Cl)Cl. The smallest absolute Gasteiger partial charge is 0.339 e. The van der Waals surface area contributed by atoms with Gasteiger partial charge in [-0.05, 0) is 164 Å². The fourth-order valence-corrected chi connectivity index (χ4v) is 4.15. The third kappa shape index (κ3) is 13.1. The van der Waals surface area contributed by atoms with E-state index in [1.165, 1.54) is 10.7 Å². The molecular formula is C30H24Cl3I2N4O6P. The Morgan fingerprint density at radius 3 is 1.67 bits per heavy atom. The standard InChI is InChI=1S/C15H13IN2O3.C15H11IN2O2.Cl3OP/c1-21-13-4-2-3-11(9-13)15(20)18-17-14(19)10-5-7-12(16)8-6-10;1-19-13-4-2-3-11(9-13)15-18-17-14(20-15)10-5-7-12(16)8-6-10;1-5(2,3)4/h2-9H,1H3,(H,17,19)(H,18,20);2-9H,1H3;. The molecule has 1 heterocycles. The molecule has 5 rings (SSSR count). The zero-order chi connectivity index (χ0) is 33.7. The van der Waals surface area contributed by atoms with E-state index >= 15 is 0 Å². The van der Waals surface area contributed by atoms with Crippen molar-refractivity contribution in [2.24, 2.45) is 0 Å². The Hall–Kier alpha value is -2.88. The Bertz CT molecular complexity index is 1800. The molecule has 0 radical (unpaired) electrons. The molecule has 46 heavy (non-hydrogen) atoms. The van der Waals surface area contributed by atoms with Crippen molar-refractivity contribution in [1.82, 2.24) is 21.0 Å². The van der Waals surface area contributed by atoms with E-state index in [-0.39, 0.29) is 5.91 Å². The molecule has 0 spiro atoms. The summed E-state index contributed by atoms with van der Waals surface area (Å²) in [6.07, 6.45) is 0. The highest BCUT2D eigenvalue weighted by Gasteiger charge is 2.12. The summed E-state index contributed by atoms with van der Waals surface area (Å²) in [6.45, 7) is 0. The fraction of sp³-hybridized carbons (Fsp3) is 0.0667. The molecule has 0 atom stereocenters. The number of methoxy groups -OCH3 is 2. The van der Waals surface area contributed by atoms with Crippen LogP contribution in [0.3, 0.4) is 0 Å². The Labute approximate surface area is 306 Å². The molecule has 4 aromatic carbocycles. The van der Waals surface area contributed by atoms with E-state index in [0.29, 0.717) is 28.7 Å². The van der Waals surface area contributed by atoms with Crippen molar-refractivity contribution in [3.05, 3.63) is 115 Å². The second-order valence-corrected chi connectivity index (χ2v) is 17.8. The largest absolute Gasteiger partial charge is 0.497 e. The van der Waals surface area contributed by atoms with Crippen LogP contribution in [-0.4, -0.2) is 36.2 Å². The van der Waals surface area contributed by atoms with Crippen LogP contribution in [0.2, 0.25) is 0 Å². The van der Waals surface area contributed by atoms with Crippen molar-refractivity contribution in [2.75, 3.05) is 14.2 Å². The van der Waals surface area contributed by atoms with Gasteiger partial charge in [-0.2, -0.15) is 0 Å². The Kier molecular flexibility index (Phi) is 15.1. The first kappa shape index (κ1) is 37.6. The van der Waals surface area contributed by atoms with Gasteiger partial charge < -0.3 is 13.9 Å². The predicted molar refractivity (Wildman–Crippen MR) is 197 cm³/mol. The van der Waals surface area contributed by atoms with Crippen molar-refractivity contribution in [3.8, 4) is 34.4 Å². The monoisotopic (exact) mass is 926 g/mol. The summed E-state index contributed by atoms with van der Waals surface area (Å²) in [5, 5.41) is 4.95. The first-order chi connectivity index (χ1) is 21.9. The molecule has 0 saturated carbocycles. The molecule has 1 aromatic heterocycles. The van der Waals surface area contributed by atoms with E-state index in [1.54, 1.807) is 43.5 Å². The molecule has 0 aliphatic heterocycles. The molecule has 240 valence electrons. The molecule has 16 heteroatoms. The number of ether oxygens (including phenoxy) is 2. The number of halogens is 5. The normalized spacial score (nSPS) is 10.3.